The number of hydrogen-bond donors (Lipinski definition) is 1. The number of ether oxygens (including phenoxy) is 1. The van der Waals surface area contributed by atoms with Gasteiger partial charge in [0.25, 0.3) is 0 Å². The van der Waals surface area contributed by atoms with Crippen LogP contribution in [0.2, 0.25) is 0 Å². The standard InChI is InChI=1S/C6H11N3O/c1-3-10-5(2)6-7-4-8-9-6/h4-5H,3H2,1-2H3,(H,7,8,9). The van der Waals surface area contributed by atoms with Crippen LogP contribution in [0.5, 0.6) is 0 Å². The Balaban J connectivity index is 2.50. The highest BCUT2D eigenvalue weighted by atomic mass is 16.5. The van der Waals surface area contributed by atoms with Gasteiger partial charge in [-0.05, 0) is 13.8 Å². The molecule has 1 heterocycles. The minimum absolute atomic E-state index is 0.0208. The van der Waals surface area contributed by atoms with Crippen molar-refractivity contribution in [3.05, 3.63) is 12.2 Å². The van der Waals surface area contributed by atoms with Gasteiger partial charge in [0.1, 0.15) is 12.4 Å². The van der Waals surface area contributed by atoms with Crippen LogP contribution in [0, 0.1) is 0 Å². The normalized spacial score (nSPS) is 13.4. The Morgan fingerprint density at radius 1 is 1.80 bits per heavy atom. The summed E-state index contributed by atoms with van der Waals surface area (Å²) in [6.45, 7) is 4.58. The second kappa shape index (κ2) is 3.31. The molecule has 1 unspecified atom stereocenters. The molecule has 0 radical (unpaired) electrons. The van der Waals surface area contributed by atoms with Gasteiger partial charge in [-0.2, -0.15) is 5.10 Å². The van der Waals surface area contributed by atoms with E-state index in [1.54, 1.807) is 0 Å². The number of nitrogens with one attached hydrogen (secondary N) is 1. The third-order valence-corrected chi connectivity index (χ3v) is 1.24. The zero-order valence-electron chi connectivity index (χ0n) is 6.16. The van der Waals surface area contributed by atoms with E-state index >= 15 is 0 Å². The molecule has 10 heavy (non-hydrogen) atoms. The molecule has 1 N–H and O–H groups in total. The van der Waals surface area contributed by atoms with Crippen LogP contribution >= 0.6 is 0 Å². The number of aromatic amines is 1. The van der Waals surface area contributed by atoms with Crippen molar-refractivity contribution >= 4 is 0 Å². The van der Waals surface area contributed by atoms with Crippen molar-refractivity contribution in [3.63, 3.8) is 0 Å². The molecule has 1 atom stereocenters. The van der Waals surface area contributed by atoms with Crippen LogP contribution in [0.3, 0.4) is 0 Å². The minimum atomic E-state index is 0.0208. The summed E-state index contributed by atoms with van der Waals surface area (Å²) in [5.74, 6) is 0.779. The highest BCUT2D eigenvalue weighted by Crippen LogP contribution is 2.08. The van der Waals surface area contributed by atoms with Gasteiger partial charge in [0.05, 0.1) is 0 Å². The number of nitrogens with zero attached hydrogens (tertiary/aromatic N) is 2. The van der Waals surface area contributed by atoms with Gasteiger partial charge in [0, 0.05) is 6.61 Å². The third kappa shape index (κ3) is 1.54. The Morgan fingerprint density at radius 3 is 3.10 bits per heavy atom. The van der Waals surface area contributed by atoms with Gasteiger partial charge in [0.2, 0.25) is 0 Å². The molecule has 0 aliphatic heterocycles. The molecule has 0 saturated carbocycles. The first-order valence-electron chi connectivity index (χ1n) is 3.31. The SMILES string of the molecule is CCOC(C)c1ncn[nH]1. The van der Waals surface area contributed by atoms with E-state index in [0.29, 0.717) is 6.61 Å². The Hall–Kier alpha value is -0.900. The summed E-state index contributed by atoms with van der Waals surface area (Å²) in [6.07, 6.45) is 1.50. The zero-order valence-corrected chi connectivity index (χ0v) is 6.16. The second-order valence-corrected chi connectivity index (χ2v) is 1.97. The van der Waals surface area contributed by atoms with Crippen molar-refractivity contribution in [2.24, 2.45) is 0 Å². The Bertz CT molecular complexity index is 173. The van der Waals surface area contributed by atoms with E-state index in [4.69, 9.17) is 4.74 Å². The van der Waals surface area contributed by atoms with Crippen LogP contribution in [0.25, 0.3) is 0 Å². The van der Waals surface area contributed by atoms with Crippen molar-refractivity contribution < 1.29 is 4.74 Å². The predicted octanol–water partition coefficient (Wildman–Crippen LogP) is 0.902. The fourth-order valence-electron chi connectivity index (χ4n) is 0.740. The van der Waals surface area contributed by atoms with Gasteiger partial charge >= 0.3 is 0 Å². The molecule has 0 spiro atoms. The lowest BCUT2D eigenvalue weighted by atomic mass is 10.4. The Morgan fingerprint density at radius 2 is 2.60 bits per heavy atom. The monoisotopic (exact) mass is 141 g/mol. The number of H-pyrrole nitrogens is 1. The summed E-state index contributed by atoms with van der Waals surface area (Å²) in [6, 6.07) is 0. The lowest BCUT2D eigenvalue weighted by Gasteiger charge is -2.05. The van der Waals surface area contributed by atoms with Crippen LogP contribution in [-0.2, 0) is 4.74 Å². The summed E-state index contributed by atoms with van der Waals surface area (Å²) in [5.41, 5.74) is 0. The molecule has 1 aromatic heterocycles. The molecular formula is C6H11N3O. The molecule has 4 nitrogen and oxygen atoms in total. The smallest absolute Gasteiger partial charge is 0.153 e. The first-order chi connectivity index (χ1) is 4.84. The van der Waals surface area contributed by atoms with Gasteiger partial charge in [-0.1, -0.05) is 0 Å². The lowest BCUT2D eigenvalue weighted by molar-refractivity contribution is 0.0703. The van der Waals surface area contributed by atoms with E-state index in [1.165, 1.54) is 6.33 Å². The molecular weight excluding hydrogens is 130 g/mol. The lowest BCUT2D eigenvalue weighted by Crippen LogP contribution is -2.01. The summed E-state index contributed by atoms with van der Waals surface area (Å²) >= 11 is 0. The first-order valence-corrected chi connectivity index (χ1v) is 3.31. The van der Waals surface area contributed by atoms with Crippen molar-refractivity contribution in [3.8, 4) is 0 Å². The van der Waals surface area contributed by atoms with Crippen LogP contribution < -0.4 is 0 Å². The van der Waals surface area contributed by atoms with Gasteiger partial charge in [-0.3, -0.25) is 5.10 Å². The Kier molecular flexibility index (Phi) is 2.39. The van der Waals surface area contributed by atoms with E-state index in [2.05, 4.69) is 15.2 Å². The fourth-order valence-corrected chi connectivity index (χ4v) is 0.740. The average molecular weight is 141 g/mol. The molecule has 56 valence electrons. The van der Waals surface area contributed by atoms with Crippen LogP contribution in [-0.4, -0.2) is 21.8 Å². The van der Waals surface area contributed by atoms with Crippen molar-refractivity contribution in [1.29, 1.82) is 0 Å². The topological polar surface area (TPSA) is 50.8 Å². The van der Waals surface area contributed by atoms with Crippen LogP contribution in [0.15, 0.2) is 6.33 Å². The zero-order chi connectivity index (χ0) is 7.40. The maximum Gasteiger partial charge on any atom is 0.153 e. The molecule has 0 bridgehead atoms. The van der Waals surface area contributed by atoms with Gasteiger partial charge in [0.15, 0.2) is 5.82 Å². The first kappa shape index (κ1) is 7.21. The van der Waals surface area contributed by atoms with E-state index in [-0.39, 0.29) is 6.10 Å². The summed E-state index contributed by atoms with van der Waals surface area (Å²) in [7, 11) is 0. The van der Waals surface area contributed by atoms with Gasteiger partial charge < -0.3 is 4.74 Å². The average Bonchev–Trinajstić information content (AvgIpc) is 2.38. The number of aromatic nitrogens is 3. The molecule has 0 aliphatic rings. The van der Waals surface area contributed by atoms with E-state index in [1.807, 2.05) is 13.8 Å². The van der Waals surface area contributed by atoms with E-state index < -0.39 is 0 Å². The molecule has 1 rings (SSSR count). The van der Waals surface area contributed by atoms with Crippen LogP contribution in [0.4, 0.5) is 0 Å². The highest BCUT2D eigenvalue weighted by Gasteiger charge is 2.05. The number of hydrogen-bond acceptors (Lipinski definition) is 3. The predicted molar refractivity (Wildman–Crippen MR) is 36.4 cm³/mol. The highest BCUT2D eigenvalue weighted by molar-refractivity contribution is 4.84. The maximum atomic E-state index is 5.25. The van der Waals surface area contributed by atoms with Crippen molar-refractivity contribution in [2.45, 2.75) is 20.0 Å². The molecule has 0 saturated heterocycles. The van der Waals surface area contributed by atoms with Gasteiger partial charge in [-0.15, -0.1) is 0 Å². The van der Waals surface area contributed by atoms with E-state index in [0.717, 1.165) is 5.82 Å². The van der Waals surface area contributed by atoms with E-state index in [9.17, 15) is 0 Å². The van der Waals surface area contributed by atoms with Gasteiger partial charge in [-0.25, -0.2) is 4.98 Å². The molecule has 0 amide bonds. The maximum absolute atomic E-state index is 5.25. The summed E-state index contributed by atoms with van der Waals surface area (Å²) in [5, 5.41) is 6.44. The van der Waals surface area contributed by atoms with Crippen molar-refractivity contribution in [1.82, 2.24) is 15.2 Å². The fraction of sp³-hybridized carbons (Fsp3) is 0.667. The minimum Gasteiger partial charge on any atom is -0.371 e. The molecule has 0 aromatic carbocycles. The second-order valence-electron chi connectivity index (χ2n) is 1.97. The summed E-state index contributed by atoms with van der Waals surface area (Å²) < 4.78 is 5.25. The third-order valence-electron chi connectivity index (χ3n) is 1.24. The molecule has 0 fully saturated rings. The summed E-state index contributed by atoms with van der Waals surface area (Å²) in [4.78, 5) is 3.94. The Labute approximate surface area is 59.6 Å². The molecule has 4 heteroatoms. The molecule has 0 aliphatic carbocycles. The van der Waals surface area contributed by atoms with Crippen LogP contribution in [0.1, 0.15) is 25.8 Å². The largest absolute Gasteiger partial charge is 0.371 e. The number of rotatable bonds is 3. The molecule has 1 aromatic rings. The quantitative estimate of drug-likeness (QED) is 0.680. The van der Waals surface area contributed by atoms with Crippen molar-refractivity contribution in [2.75, 3.05) is 6.61 Å².